The molecule has 178 valence electrons. The Balaban J connectivity index is 1.58. The average molecular weight is 496 g/mol. The number of carbonyl (C=O) groups is 1. The molecule has 0 unspecified atom stereocenters. The summed E-state index contributed by atoms with van der Waals surface area (Å²) in [6, 6.07) is 10.0. The largest absolute Gasteiger partial charge is 0.433 e. The number of thiophene rings is 1. The molecule has 0 saturated carbocycles. The number of aromatic nitrogens is 3. The second-order valence-corrected chi connectivity index (χ2v) is 9.91. The van der Waals surface area contributed by atoms with Gasteiger partial charge in [-0.15, -0.1) is 11.3 Å². The molecule has 0 radical (unpaired) electrons. The van der Waals surface area contributed by atoms with Gasteiger partial charge in [-0.05, 0) is 43.7 Å². The van der Waals surface area contributed by atoms with Crippen molar-refractivity contribution < 1.29 is 18.0 Å². The van der Waals surface area contributed by atoms with E-state index in [2.05, 4.69) is 28.4 Å². The molecule has 1 atom stereocenters. The number of benzene rings is 1. The maximum Gasteiger partial charge on any atom is 0.433 e. The Hall–Kier alpha value is -3.71. The number of anilines is 1. The van der Waals surface area contributed by atoms with Gasteiger partial charge in [0.15, 0.2) is 11.3 Å². The minimum absolute atomic E-state index is 0.0812. The molecule has 1 amide bonds. The van der Waals surface area contributed by atoms with Gasteiger partial charge in [0, 0.05) is 10.4 Å². The Labute approximate surface area is 203 Å². The van der Waals surface area contributed by atoms with Crippen LogP contribution in [0.5, 0.6) is 0 Å². The SMILES string of the molecule is Cc1ccc(-c2cc(C(F)(F)F)n3ncc(C(=O)Nc4sc5c(c4C#N)CC[C@@H](C)C5)c3n2)cc1. The topological polar surface area (TPSA) is 83.1 Å². The van der Waals surface area contributed by atoms with E-state index in [1.807, 2.05) is 6.92 Å². The van der Waals surface area contributed by atoms with Crippen LogP contribution in [0.2, 0.25) is 0 Å². The zero-order chi connectivity index (χ0) is 24.9. The van der Waals surface area contributed by atoms with Crippen LogP contribution in [0.4, 0.5) is 18.2 Å². The van der Waals surface area contributed by atoms with Crippen LogP contribution in [0, 0.1) is 24.2 Å². The molecule has 6 nitrogen and oxygen atoms in total. The second kappa shape index (κ2) is 8.50. The molecule has 5 rings (SSSR count). The average Bonchev–Trinajstić information content (AvgIpc) is 3.38. The summed E-state index contributed by atoms with van der Waals surface area (Å²) in [6.45, 7) is 4.01. The Kier molecular flexibility index (Phi) is 5.60. The number of amides is 1. The number of aryl methyl sites for hydroxylation is 1. The predicted molar refractivity (Wildman–Crippen MR) is 126 cm³/mol. The summed E-state index contributed by atoms with van der Waals surface area (Å²) in [5.74, 6) is -0.175. The van der Waals surface area contributed by atoms with Gasteiger partial charge >= 0.3 is 6.18 Å². The number of alkyl halides is 3. The van der Waals surface area contributed by atoms with Crippen LogP contribution >= 0.6 is 11.3 Å². The van der Waals surface area contributed by atoms with E-state index in [1.165, 1.54) is 11.3 Å². The third-order valence-corrected chi connectivity index (χ3v) is 7.37. The summed E-state index contributed by atoms with van der Waals surface area (Å²) in [7, 11) is 0. The number of nitrogens with one attached hydrogen (secondary N) is 1. The zero-order valence-corrected chi connectivity index (χ0v) is 19.7. The summed E-state index contributed by atoms with van der Waals surface area (Å²) in [5.41, 5.74) is 1.55. The van der Waals surface area contributed by atoms with Crippen LogP contribution in [0.3, 0.4) is 0 Å². The van der Waals surface area contributed by atoms with E-state index in [9.17, 15) is 23.2 Å². The molecule has 1 aromatic carbocycles. The molecule has 0 bridgehead atoms. The Bertz CT molecular complexity index is 1490. The molecule has 0 fully saturated rings. The first-order chi connectivity index (χ1) is 16.7. The highest BCUT2D eigenvalue weighted by molar-refractivity contribution is 7.16. The fraction of sp³-hybridized carbons (Fsp3) is 0.280. The number of fused-ring (bicyclic) bond motifs is 2. The summed E-state index contributed by atoms with van der Waals surface area (Å²) in [6.07, 6.45) is -1.08. The van der Waals surface area contributed by atoms with Gasteiger partial charge in [0.1, 0.15) is 16.6 Å². The number of halogens is 3. The van der Waals surface area contributed by atoms with Gasteiger partial charge in [-0.3, -0.25) is 4.79 Å². The molecule has 1 aliphatic rings. The fourth-order valence-corrected chi connectivity index (χ4v) is 5.68. The highest BCUT2D eigenvalue weighted by Gasteiger charge is 2.36. The molecular weight excluding hydrogens is 475 g/mol. The van der Waals surface area contributed by atoms with Crippen molar-refractivity contribution >= 4 is 27.9 Å². The normalized spacial score (nSPS) is 15.6. The van der Waals surface area contributed by atoms with Crippen molar-refractivity contribution in [2.24, 2.45) is 5.92 Å². The number of rotatable bonds is 3. The molecule has 3 aromatic heterocycles. The quantitative estimate of drug-likeness (QED) is 0.376. The molecule has 35 heavy (non-hydrogen) atoms. The van der Waals surface area contributed by atoms with Crippen LogP contribution in [0.25, 0.3) is 16.9 Å². The Morgan fingerprint density at radius 2 is 2.03 bits per heavy atom. The monoisotopic (exact) mass is 495 g/mol. The molecule has 3 heterocycles. The van der Waals surface area contributed by atoms with E-state index in [-0.39, 0.29) is 16.9 Å². The van der Waals surface area contributed by atoms with Crippen molar-refractivity contribution in [1.82, 2.24) is 14.6 Å². The van der Waals surface area contributed by atoms with Crippen LogP contribution in [0.1, 0.15) is 51.0 Å². The number of hydrogen-bond acceptors (Lipinski definition) is 5. The van der Waals surface area contributed by atoms with Gasteiger partial charge in [0.2, 0.25) is 0 Å². The van der Waals surface area contributed by atoms with Crippen molar-refractivity contribution in [1.29, 1.82) is 5.26 Å². The van der Waals surface area contributed by atoms with E-state index < -0.39 is 17.8 Å². The number of nitrogens with zero attached hydrogens (tertiary/aromatic N) is 4. The van der Waals surface area contributed by atoms with Gasteiger partial charge < -0.3 is 5.32 Å². The van der Waals surface area contributed by atoms with Crippen molar-refractivity contribution in [2.75, 3.05) is 5.32 Å². The van der Waals surface area contributed by atoms with Crippen molar-refractivity contribution in [3.8, 4) is 17.3 Å². The Morgan fingerprint density at radius 1 is 1.29 bits per heavy atom. The number of hydrogen-bond donors (Lipinski definition) is 1. The van der Waals surface area contributed by atoms with Crippen LogP contribution < -0.4 is 5.32 Å². The number of nitriles is 1. The van der Waals surface area contributed by atoms with E-state index in [0.717, 1.165) is 47.5 Å². The molecule has 0 spiro atoms. The second-order valence-electron chi connectivity index (χ2n) is 8.81. The summed E-state index contributed by atoms with van der Waals surface area (Å²) in [4.78, 5) is 18.6. The summed E-state index contributed by atoms with van der Waals surface area (Å²) >= 11 is 1.35. The minimum atomic E-state index is -4.71. The van der Waals surface area contributed by atoms with Gasteiger partial charge in [-0.1, -0.05) is 36.8 Å². The molecule has 1 N–H and O–H groups in total. The lowest BCUT2D eigenvalue weighted by atomic mass is 9.88. The predicted octanol–water partition coefficient (Wildman–Crippen LogP) is 6.03. The first kappa shape index (κ1) is 23.1. The number of carbonyl (C=O) groups excluding carboxylic acids is 1. The van der Waals surface area contributed by atoms with Crippen LogP contribution in [-0.4, -0.2) is 20.5 Å². The minimum Gasteiger partial charge on any atom is -0.312 e. The third-order valence-electron chi connectivity index (χ3n) is 6.20. The van der Waals surface area contributed by atoms with Crippen molar-refractivity contribution in [3.05, 3.63) is 69.4 Å². The first-order valence-corrected chi connectivity index (χ1v) is 11.9. The van der Waals surface area contributed by atoms with E-state index >= 15 is 0 Å². The fourth-order valence-electron chi connectivity index (χ4n) is 4.32. The van der Waals surface area contributed by atoms with E-state index in [0.29, 0.717) is 26.6 Å². The highest BCUT2D eigenvalue weighted by atomic mass is 32.1. The third kappa shape index (κ3) is 4.17. The van der Waals surface area contributed by atoms with E-state index in [4.69, 9.17) is 0 Å². The summed E-state index contributed by atoms with van der Waals surface area (Å²) < 4.78 is 42.3. The lowest BCUT2D eigenvalue weighted by Crippen LogP contribution is -2.16. The maximum absolute atomic E-state index is 13.9. The van der Waals surface area contributed by atoms with Gasteiger partial charge in [-0.25, -0.2) is 9.50 Å². The molecular formula is C25H20F3N5OS. The molecule has 1 aliphatic carbocycles. The lowest BCUT2D eigenvalue weighted by molar-refractivity contribution is -0.142. The zero-order valence-electron chi connectivity index (χ0n) is 18.9. The van der Waals surface area contributed by atoms with Gasteiger partial charge in [0.25, 0.3) is 5.91 Å². The Morgan fingerprint density at radius 3 is 2.71 bits per heavy atom. The lowest BCUT2D eigenvalue weighted by Gasteiger charge is -2.17. The van der Waals surface area contributed by atoms with Crippen LogP contribution in [-0.2, 0) is 19.0 Å². The van der Waals surface area contributed by atoms with Crippen LogP contribution in [0.15, 0.2) is 36.5 Å². The van der Waals surface area contributed by atoms with E-state index in [1.54, 1.807) is 24.3 Å². The molecule has 10 heteroatoms. The smallest absolute Gasteiger partial charge is 0.312 e. The molecule has 4 aromatic rings. The first-order valence-electron chi connectivity index (χ1n) is 11.0. The standard InChI is InChI=1S/C25H20F3N5OS/c1-13-3-6-15(7-4-13)19-10-21(25(26,27)28)33-22(31-19)18(12-30-33)23(34)32-24-17(11-29)16-8-5-14(2)9-20(16)35-24/h3-4,6-7,10,12,14H,5,8-9H2,1-2H3,(H,32,34)/t14-/m1/s1. The molecule has 0 saturated heterocycles. The summed E-state index contributed by atoms with van der Waals surface area (Å²) in [5, 5.41) is 16.7. The highest BCUT2D eigenvalue weighted by Crippen LogP contribution is 2.39. The maximum atomic E-state index is 13.9. The van der Waals surface area contributed by atoms with Gasteiger partial charge in [0.05, 0.1) is 17.5 Å². The van der Waals surface area contributed by atoms with Crippen molar-refractivity contribution in [2.45, 2.75) is 39.3 Å². The van der Waals surface area contributed by atoms with Gasteiger partial charge in [-0.2, -0.15) is 23.5 Å². The molecule has 0 aliphatic heterocycles. The van der Waals surface area contributed by atoms with Crippen molar-refractivity contribution in [3.63, 3.8) is 0 Å².